The van der Waals surface area contributed by atoms with E-state index in [0.29, 0.717) is 19.6 Å². The Bertz CT molecular complexity index is 517. The Kier molecular flexibility index (Phi) is 3.75. The van der Waals surface area contributed by atoms with E-state index in [1.807, 2.05) is 6.92 Å². The second-order valence-electron chi connectivity index (χ2n) is 4.36. The number of hydrogen-bond acceptors (Lipinski definition) is 4. The summed E-state index contributed by atoms with van der Waals surface area (Å²) in [6.07, 6.45) is 0. The van der Waals surface area contributed by atoms with Gasteiger partial charge in [-0.2, -0.15) is 0 Å². The zero-order valence-electron chi connectivity index (χ0n) is 10.4. The maximum Gasteiger partial charge on any atom is 0.273 e. The van der Waals surface area contributed by atoms with Crippen molar-refractivity contribution < 1.29 is 14.1 Å². The fraction of sp³-hybridized carbons (Fsp3) is 0.417. The lowest BCUT2D eigenvalue weighted by Crippen LogP contribution is -2.58. The van der Waals surface area contributed by atoms with Crippen LogP contribution in [0.25, 0.3) is 0 Å². The van der Waals surface area contributed by atoms with Crippen LogP contribution in [0.4, 0.5) is 10.1 Å². The highest BCUT2D eigenvalue weighted by Gasteiger charge is 2.29. The van der Waals surface area contributed by atoms with E-state index in [2.05, 4.69) is 5.32 Å². The van der Waals surface area contributed by atoms with Gasteiger partial charge in [-0.05, 0) is 13.0 Å². The Balaban J connectivity index is 2.29. The highest BCUT2D eigenvalue weighted by molar-refractivity contribution is 5.95. The lowest BCUT2D eigenvalue weighted by atomic mass is 10.1. The summed E-state index contributed by atoms with van der Waals surface area (Å²) in [4.78, 5) is 23.8. The first-order valence-corrected chi connectivity index (χ1v) is 5.99. The van der Waals surface area contributed by atoms with Crippen molar-refractivity contribution in [1.82, 2.24) is 10.2 Å². The number of nitro groups is 1. The Morgan fingerprint density at radius 1 is 1.53 bits per heavy atom. The van der Waals surface area contributed by atoms with Crippen LogP contribution in [-0.4, -0.2) is 41.4 Å². The topological polar surface area (TPSA) is 75.5 Å². The van der Waals surface area contributed by atoms with Crippen molar-refractivity contribution >= 4 is 11.6 Å². The number of benzene rings is 1. The van der Waals surface area contributed by atoms with E-state index in [9.17, 15) is 19.3 Å². The van der Waals surface area contributed by atoms with E-state index in [1.54, 1.807) is 4.90 Å². The van der Waals surface area contributed by atoms with Crippen molar-refractivity contribution in [3.05, 3.63) is 39.7 Å². The molecule has 7 heteroatoms. The monoisotopic (exact) mass is 267 g/mol. The average molecular weight is 267 g/mol. The molecule has 0 bridgehead atoms. The summed E-state index contributed by atoms with van der Waals surface area (Å²) in [7, 11) is 0. The van der Waals surface area contributed by atoms with Crippen molar-refractivity contribution in [2.75, 3.05) is 19.6 Å². The molecule has 1 aromatic carbocycles. The molecule has 2 rings (SSSR count). The van der Waals surface area contributed by atoms with E-state index in [0.717, 1.165) is 18.2 Å². The van der Waals surface area contributed by atoms with Crippen LogP contribution in [0.1, 0.15) is 17.3 Å². The number of halogens is 1. The van der Waals surface area contributed by atoms with Gasteiger partial charge in [0.1, 0.15) is 5.82 Å². The van der Waals surface area contributed by atoms with Crippen LogP contribution in [0, 0.1) is 15.9 Å². The lowest BCUT2D eigenvalue weighted by Gasteiger charge is -2.37. The predicted molar refractivity (Wildman–Crippen MR) is 66.4 cm³/mol. The molecule has 6 nitrogen and oxygen atoms in total. The van der Waals surface area contributed by atoms with Crippen LogP contribution >= 0.6 is 0 Å². The first-order valence-electron chi connectivity index (χ1n) is 5.99. The minimum atomic E-state index is -0.777. The summed E-state index contributed by atoms with van der Waals surface area (Å²) in [5.74, 6) is -1.16. The van der Waals surface area contributed by atoms with E-state index in [4.69, 9.17) is 0 Å². The van der Waals surface area contributed by atoms with Gasteiger partial charge in [0.25, 0.3) is 11.6 Å². The molecule has 0 aliphatic carbocycles. The first kappa shape index (κ1) is 13.4. The number of non-ortho nitro benzene ring substituents is 1. The third kappa shape index (κ3) is 2.70. The molecule has 0 aromatic heterocycles. The molecule has 1 N–H and O–H groups in total. The molecule has 1 saturated heterocycles. The van der Waals surface area contributed by atoms with Crippen molar-refractivity contribution in [3.8, 4) is 0 Å². The highest BCUT2D eigenvalue weighted by atomic mass is 19.1. The van der Waals surface area contributed by atoms with Crippen LogP contribution in [0.5, 0.6) is 0 Å². The number of nitrogens with one attached hydrogen (secondary N) is 1. The molecule has 0 radical (unpaired) electrons. The third-order valence-electron chi connectivity index (χ3n) is 3.14. The van der Waals surface area contributed by atoms with Crippen LogP contribution in [0.3, 0.4) is 0 Å². The Hall–Kier alpha value is -2.02. The third-order valence-corrected chi connectivity index (χ3v) is 3.14. The summed E-state index contributed by atoms with van der Waals surface area (Å²) in [5.41, 5.74) is -0.397. The van der Waals surface area contributed by atoms with Crippen molar-refractivity contribution in [1.29, 1.82) is 0 Å². The average Bonchev–Trinajstić information content (AvgIpc) is 2.31. The van der Waals surface area contributed by atoms with Crippen LogP contribution in [0.15, 0.2) is 18.2 Å². The van der Waals surface area contributed by atoms with E-state index in [1.165, 1.54) is 0 Å². The van der Waals surface area contributed by atoms with Crippen LogP contribution in [0.2, 0.25) is 0 Å². The van der Waals surface area contributed by atoms with Gasteiger partial charge in [0.05, 0.1) is 17.0 Å². The fourth-order valence-electron chi connectivity index (χ4n) is 2.03. The number of hydrogen-bond donors (Lipinski definition) is 1. The summed E-state index contributed by atoms with van der Waals surface area (Å²) >= 11 is 0. The smallest absolute Gasteiger partial charge is 0.273 e. The van der Waals surface area contributed by atoms with E-state index < -0.39 is 16.4 Å². The molecule has 0 atom stereocenters. The lowest BCUT2D eigenvalue weighted by molar-refractivity contribution is -0.385. The Labute approximate surface area is 109 Å². The largest absolute Gasteiger partial charge is 0.333 e. The fourth-order valence-corrected chi connectivity index (χ4v) is 2.03. The second-order valence-corrected chi connectivity index (χ2v) is 4.36. The molecule has 1 fully saturated rings. The van der Waals surface area contributed by atoms with Crippen molar-refractivity contribution in [2.45, 2.75) is 13.0 Å². The van der Waals surface area contributed by atoms with Crippen LogP contribution in [-0.2, 0) is 0 Å². The van der Waals surface area contributed by atoms with Gasteiger partial charge < -0.3 is 10.2 Å². The zero-order chi connectivity index (χ0) is 14.0. The zero-order valence-corrected chi connectivity index (χ0v) is 10.4. The van der Waals surface area contributed by atoms with Crippen molar-refractivity contribution in [3.63, 3.8) is 0 Å². The van der Waals surface area contributed by atoms with Gasteiger partial charge in [0, 0.05) is 31.3 Å². The van der Waals surface area contributed by atoms with Crippen molar-refractivity contribution in [2.24, 2.45) is 0 Å². The molecular formula is C12H14FN3O3. The van der Waals surface area contributed by atoms with Gasteiger partial charge in [-0.25, -0.2) is 4.39 Å². The SMILES string of the molecule is CCN(C(=O)c1cc(F)cc([N+](=O)[O-])c1)C1CNC1. The Morgan fingerprint density at radius 3 is 2.68 bits per heavy atom. The number of carbonyl (C=O) groups excluding carboxylic acids is 1. The molecular weight excluding hydrogens is 253 g/mol. The van der Waals surface area contributed by atoms with E-state index in [-0.39, 0.29) is 17.5 Å². The molecule has 0 unspecified atom stereocenters. The van der Waals surface area contributed by atoms with E-state index >= 15 is 0 Å². The quantitative estimate of drug-likeness (QED) is 0.656. The summed E-state index contributed by atoms with van der Waals surface area (Å²) in [5, 5.41) is 13.7. The number of amides is 1. The van der Waals surface area contributed by atoms with Crippen LogP contribution < -0.4 is 5.32 Å². The van der Waals surface area contributed by atoms with Gasteiger partial charge in [0.15, 0.2) is 0 Å². The normalized spacial score (nSPS) is 14.8. The summed E-state index contributed by atoms with van der Waals surface area (Å²) < 4.78 is 13.3. The number of likely N-dealkylation sites (N-methyl/N-ethyl adjacent to an activating group) is 1. The van der Waals surface area contributed by atoms with Gasteiger partial charge in [-0.3, -0.25) is 14.9 Å². The number of nitrogens with zero attached hydrogens (tertiary/aromatic N) is 2. The number of rotatable bonds is 4. The van der Waals surface area contributed by atoms with Gasteiger partial charge in [-0.15, -0.1) is 0 Å². The summed E-state index contributed by atoms with van der Waals surface area (Å²) in [6.45, 7) is 3.69. The molecule has 1 aliphatic heterocycles. The molecule has 19 heavy (non-hydrogen) atoms. The molecule has 1 aromatic rings. The molecule has 102 valence electrons. The molecule has 0 saturated carbocycles. The highest BCUT2D eigenvalue weighted by Crippen LogP contribution is 2.19. The predicted octanol–water partition coefficient (Wildman–Crippen LogP) is 1.17. The van der Waals surface area contributed by atoms with Gasteiger partial charge in [-0.1, -0.05) is 0 Å². The minimum Gasteiger partial charge on any atom is -0.333 e. The number of carbonyl (C=O) groups is 1. The molecule has 1 amide bonds. The molecule has 0 spiro atoms. The van der Waals surface area contributed by atoms with Gasteiger partial charge in [0.2, 0.25) is 0 Å². The molecule has 1 aliphatic rings. The molecule has 1 heterocycles. The maximum absolute atomic E-state index is 13.3. The minimum absolute atomic E-state index is 0.0143. The maximum atomic E-state index is 13.3. The second kappa shape index (κ2) is 5.31. The number of nitro benzene ring substituents is 1. The first-order chi connectivity index (χ1) is 9.02. The Morgan fingerprint density at radius 2 is 2.21 bits per heavy atom. The summed E-state index contributed by atoms with van der Waals surface area (Å²) in [6, 6.07) is 3.02. The van der Waals surface area contributed by atoms with Gasteiger partial charge >= 0.3 is 0 Å². The standard InChI is InChI=1S/C12H14FN3O3/c1-2-15(11-6-14-7-11)12(17)8-3-9(13)5-10(4-8)16(18)19/h3-5,11,14H,2,6-7H2,1H3.